The number of benzene rings is 2. The lowest BCUT2D eigenvalue weighted by Crippen LogP contribution is -2.23. The predicted molar refractivity (Wildman–Crippen MR) is 95.6 cm³/mol. The molecule has 1 N–H and O–H groups in total. The summed E-state index contributed by atoms with van der Waals surface area (Å²) in [5.74, 6) is -0.299. The number of amides is 1. The highest BCUT2D eigenvalue weighted by Crippen LogP contribution is 2.23. The monoisotopic (exact) mass is 350 g/mol. The van der Waals surface area contributed by atoms with Gasteiger partial charge in [-0.1, -0.05) is 41.9 Å². The van der Waals surface area contributed by atoms with Gasteiger partial charge in [-0.2, -0.15) is 10.4 Å². The van der Waals surface area contributed by atoms with E-state index in [9.17, 15) is 4.79 Å². The average Bonchev–Trinajstić information content (AvgIpc) is 2.95. The van der Waals surface area contributed by atoms with Crippen molar-refractivity contribution < 1.29 is 4.79 Å². The van der Waals surface area contributed by atoms with Gasteiger partial charge in [0.2, 0.25) is 0 Å². The van der Waals surface area contributed by atoms with Gasteiger partial charge in [0.05, 0.1) is 28.6 Å². The van der Waals surface area contributed by atoms with Crippen LogP contribution in [0.25, 0.3) is 5.69 Å². The van der Waals surface area contributed by atoms with E-state index in [1.54, 1.807) is 29.8 Å². The maximum Gasteiger partial charge on any atom is 0.256 e. The van der Waals surface area contributed by atoms with Crippen molar-refractivity contribution in [1.29, 1.82) is 5.26 Å². The number of hydrogen-bond donors (Lipinski definition) is 1. The lowest BCUT2D eigenvalue weighted by Gasteiger charge is -2.06. The number of nitrogens with one attached hydrogen (secondary N) is 1. The molecule has 0 saturated heterocycles. The largest absolute Gasteiger partial charge is 0.348 e. The Morgan fingerprint density at radius 2 is 2.00 bits per heavy atom. The molecule has 1 heterocycles. The predicted octanol–water partition coefficient (Wildman–Crippen LogP) is 3.64. The Morgan fingerprint density at radius 1 is 1.24 bits per heavy atom. The van der Waals surface area contributed by atoms with Gasteiger partial charge in [0.25, 0.3) is 5.91 Å². The smallest absolute Gasteiger partial charge is 0.256 e. The summed E-state index contributed by atoms with van der Waals surface area (Å²) in [6.45, 7) is 2.05. The molecule has 0 aliphatic heterocycles. The third-order valence-corrected chi connectivity index (χ3v) is 4.09. The number of aromatic nitrogens is 2. The van der Waals surface area contributed by atoms with Crippen molar-refractivity contribution in [3.63, 3.8) is 0 Å². The second-order valence-electron chi connectivity index (χ2n) is 5.49. The summed E-state index contributed by atoms with van der Waals surface area (Å²) >= 11 is 6.39. The van der Waals surface area contributed by atoms with Crippen LogP contribution < -0.4 is 5.32 Å². The van der Waals surface area contributed by atoms with Gasteiger partial charge in [0.1, 0.15) is 5.15 Å². The number of carbonyl (C=O) groups excluding carboxylic acids is 1. The Morgan fingerprint density at radius 3 is 2.72 bits per heavy atom. The van der Waals surface area contributed by atoms with Crippen LogP contribution in [0.15, 0.2) is 54.6 Å². The number of para-hydroxylation sites is 1. The topological polar surface area (TPSA) is 70.7 Å². The third kappa shape index (κ3) is 3.54. The molecule has 0 spiro atoms. The van der Waals surface area contributed by atoms with Gasteiger partial charge >= 0.3 is 0 Å². The van der Waals surface area contributed by atoms with Gasteiger partial charge in [-0.3, -0.25) is 4.79 Å². The fourth-order valence-electron chi connectivity index (χ4n) is 2.52. The minimum absolute atomic E-state index is 0.270. The number of rotatable bonds is 4. The van der Waals surface area contributed by atoms with E-state index in [1.807, 2.05) is 36.4 Å². The first-order chi connectivity index (χ1) is 12.1. The van der Waals surface area contributed by atoms with Crippen LogP contribution in [0.1, 0.15) is 27.2 Å². The van der Waals surface area contributed by atoms with E-state index in [1.165, 1.54) is 0 Å². The molecular weight excluding hydrogens is 336 g/mol. The highest BCUT2D eigenvalue weighted by Gasteiger charge is 2.20. The molecular formula is C19H15ClN4O. The Bertz CT molecular complexity index is 957. The quantitative estimate of drug-likeness (QED) is 0.781. The van der Waals surface area contributed by atoms with Crippen molar-refractivity contribution in [2.45, 2.75) is 13.5 Å². The first-order valence-corrected chi connectivity index (χ1v) is 8.05. The fourth-order valence-corrected chi connectivity index (χ4v) is 2.88. The van der Waals surface area contributed by atoms with Crippen LogP contribution in [0.2, 0.25) is 5.15 Å². The molecule has 0 radical (unpaired) electrons. The van der Waals surface area contributed by atoms with Crippen molar-refractivity contribution in [1.82, 2.24) is 15.1 Å². The molecule has 2 aromatic carbocycles. The molecule has 0 atom stereocenters. The van der Waals surface area contributed by atoms with Crippen molar-refractivity contribution in [3.8, 4) is 11.8 Å². The number of aryl methyl sites for hydroxylation is 1. The van der Waals surface area contributed by atoms with E-state index in [-0.39, 0.29) is 11.1 Å². The van der Waals surface area contributed by atoms with Gasteiger partial charge in [-0.15, -0.1) is 0 Å². The molecule has 0 unspecified atom stereocenters. The number of halogens is 1. The first-order valence-electron chi connectivity index (χ1n) is 7.68. The van der Waals surface area contributed by atoms with Crippen LogP contribution >= 0.6 is 11.6 Å². The number of nitriles is 1. The van der Waals surface area contributed by atoms with Crippen LogP contribution in [-0.4, -0.2) is 15.7 Å². The SMILES string of the molecule is Cc1nn(-c2ccccc2)c(Cl)c1C(=O)NCc1cccc(C#N)c1. The molecule has 3 rings (SSSR count). The summed E-state index contributed by atoms with van der Waals surface area (Å²) in [6, 6.07) is 18.6. The highest BCUT2D eigenvalue weighted by molar-refractivity contribution is 6.33. The third-order valence-electron chi connectivity index (χ3n) is 3.74. The maximum absolute atomic E-state index is 12.5. The Labute approximate surface area is 150 Å². The first kappa shape index (κ1) is 16.7. The average molecular weight is 351 g/mol. The Kier molecular flexibility index (Phi) is 4.82. The van der Waals surface area contributed by atoms with Crippen LogP contribution in [-0.2, 0) is 6.54 Å². The lowest BCUT2D eigenvalue weighted by molar-refractivity contribution is 0.0950. The molecule has 5 nitrogen and oxygen atoms in total. The normalized spacial score (nSPS) is 10.3. The van der Waals surface area contributed by atoms with Crippen molar-refractivity contribution in [3.05, 3.63) is 82.1 Å². The molecule has 1 amide bonds. The zero-order valence-corrected chi connectivity index (χ0v) is 14.3. The summed E-state index contributed by atoms with van der Waals surface area (Å²) < 4.78 is 1.54. The molecule has 25 heavy (non-hydrogen) atoms. The van der Waals surface area contributed by atoms with Crippen molar-refractivity contribution >= 4 is 17.5 Å². The zero-order chi connectivity index (χ0) is 17.8. The zero-order valence-electron chi connectivity index (χ0n) is 13.5. The standard InChI is InChI=1S/C19H15ClN4O/c1-13-17(18(20)24(23-13)16-8-3-2-4-9-16)19(25)22-12-15-7-5-6-14(10-15)11-21/h2-10H,12H2,1H3,(H,22,25). The van der Waals surface area contributed by atoms with Crippen molar-refractivity contribution in [2.24, 2.45) is 0 Å². The lowest BCUT2D eigenvalue weighted by atomic mass is 10.1. The van der Waals surface area contributed by atoms with E-state index in [4.69, 9.17) is 16.9 Å². The number of nitrogens with zero attached hydrogens (tertiary/aromatic N) is 3. The summed E-state index contributed by atoms with van der Waals surface area (Å²) in [4.78, 5) is 12.5. The van der Waals surface area contributed by atoms with Crippen LogP contribution in [0.4, 0.5) is 0 Å². The Balaban J connectivity index is 1.81. The Hall–Kier alpha value is -3.10. The van der Waals surface area contributed by atoms with Crippen LogP contribution in [0.5, 0.6) is 0 Å². The fraction of sp³-hybridized carbons (Fsp3) is 0.105. The van der Waals surface area contributed by atoms with E-state index in [2.05, 4.69) is 16.5 Å². The maximum atomic E-state index is 12.5. The van der Waals surface area contributed by atoms with E-state index in [0.717, 1.165) is 11.3 Å². The van der Waals surface area contributed by atoms with Gasteiger partial charge < -0.3 is 5.32 Å². The molecule has 0 aliphatic rings. The van der Waals surface area contributed by atoms with E-state index >= 15 is 0 Å². The van der Waals surface area contributed by atoms with Crippen LogP contribution in [0, 0.1) is 18.3 Å². The van der Waals surface area contributed by atoms with E-state index in [0.29, 0.717) is 23.4 Å². The molecule has 0 bridgehead atoms. The summed E-state index contributed by atoms with van der Waals surface area (Å²) in [5.41, 5.74) is 3.09. The summed E-state index contributed by atoms with van der Waals surface area (Å²) in [5, 5.41) is 16.4. The molecule has 0 saturated carbocycles. The molecule has 0 fully saturated rings. The molecule has 6 heteroatoms. The van der Waals surface area contributed by atoms with Crippen molar-refractivity contribution in [2.75, 3.05) is 0 Å². The molecule has 0 aliphatic carbocycles. The number of carbonyl (C=O) groups is 1. The van der Waals surface area contributed by atoms with E-state index < -0.39 is 0 Å². The minimum Gasteiger partial charge on any atom is -0.348 e. The van der Waals surface area contributed by atoms with Crippen LogP contribution in [0.3, 0.4) is 0 Å². The molecule has 1 aromatic heterocycles. The van der Waals surface area contributed by atoms with Gasteiger partial charge in [0, 0.05) is 6.54 Å². The summed E-state index contributed by atoms with van der Waals surface area (Å²) in [6.07, 6.45) is 0. The number of hydrogen-bond acceptors (Lipinski definition) is 3. The van der Waals surface area contributed by atoms with Gasteiger partial charge in [-0.05, 0) is 36.8 Å². The van der Waals surface area contributed by atoms with Gasteiger partial charge in [0.15, 0.2) is 0 Å². The highest BCUT2D eigenvalue weighted by atomic mass is 35.5. The summed E-state index contributed by atoms with van der Waals surface area (Å²) in [7, 11) is 0. The second-order valence-corrected chi connectivity index (χ2v) is 5.85. The minimum atomic E-state index is -0.299. The molecule has 3 aromatic rings. The van der Waals surface area contributed by atoms with Gasteiger partial charge in [-0.25, -0.2) is 4.68 Å². The molecule has 124 valence electrons. The second kappa shape index (κ2) is 7.20.